The summed E-state index contributed by atoms with van der Waals surface area (Å²) in [6.07, 6.45) is 5.84. The zero-order valence-corrected chi connectivity index (χ0v) is 14.0. The summed E-state index contributed by atoms with van der Waals surface area (Å²) in [6.45, 7) is 4.58. The average Bonchev–Trinajstić information content (AvgIpc) is 1.89. The Bertz CT molecular complexity index is 42.5. The molecule has 0 nitrogen and oxygen atoms in total. The van der Waals surface area contributed by atoms with Crippen molar-refractivity contribution in [1.82, 2.24) is 0 Å². The molecule has 0 aliphatic heterocycles. The first-order valence-electron chi connectivity index (χ1n) is 4.12. The van der Waals surface area contributed by atoms with Crippen LogP contribution in [0.3, 0.4) is 0 Å². The van der Waals surface area contributed by atoms with Gasteiger partial charge in [0.1, 0.15) is 0 Å². The Kier molecular flexibility index (Phi) is 19.0. The molecule has 56 valence electrons. The summed E-state index contributed by atoms with van der Waals surface area (Å²) < 4.78 is 3.25. The Morgan fingerprint density at radius 3 is 1.60 bits per heavy atom. The third-order valence-corrected chi connectivity index (χ3v) is 5.45. The first kappa shape index (κ1) is 14.3. The van der Waals surface area contributed by atoms with Gasteiger partial charge in [0.25, 0.3) is 0 Å². The van der Waals surface area contributed by atoms with E-state index in [4.69, 9.17) is 0 Å². The maximum Gasteiger partial charge on any atom is 0 e. The number of hydrogen-bond donors (Lipinski definition) is 0. The van der Waals surface area contributed by atoms with Crippen LogP contribution in [0, 0.1) is 0 Å². The van der Waals surface area contributed by atoms with Crippen LogP contribution in [-0.4, -0.2) is 48.4 Å². The molecule has 0 aliphatic carbocycles. The van der Waals surface area contributed by atoms with Crippen LogP contribution in [0.4, 0.5) is 0 Å². The summed E-state index contributed by atoms with van der Waals surface area (Å²) in [5, 5.41) is 0. The second-order valence-corrected chi connectivity index (χ2v) is 6.74. The van der Waals surface area contributed by atoms with Gasteiger partial charge in [-0.1, -0.05) is 0 Å². The molecule has 0 rings (SSSR count). The molecule has 0 saturated heterocycles. The van der Waals surface area contributed by atoms with Crippen molar-refractivity contribution in [2.24, 2.45) is 0 Å². The van der Waals surface area contributed by atoms with Gasteiger partial charge in [0.05, 0.1) is 0 Å². The Labute approximate surface area is 95.9 Å². The Morgan fingerprint density at radius 2 is 1.30 bits per heavy atom. The van der Waals surface area contributed by atoms with E-state index in [2.05, 4.69) is 13.8 Å². The number of hydrogen-bond acceptors (Lipinski definition) is 0. The van der Waals surface area contributed by atoms with Gasteiger partial charge in [-0.05, 0) is 0 Å². The molecule has 0 aliphatic rings. The summed E-state index contributed by atoms with van der Waals surface area (Å²) in [4.78, 5) is 0. The predicted molar refractivity (Wildman–Crippen MR) is 50.9 cm³/mol. The molecule has 0 atom stereocenters. The molecule has 10 heavy (non-hydrogen) atoms. The van der Waals surface area contributed by atoms with Gasteiger partial charge in [-0.2, -0.15) is 0 Å². The summed E-state index contributed by atoms with van der Waals surface area (Å²) in [7, 11) is 0. The monoisotopic (exact) mass is 442 g/mol. The number of rotatable bonds is 6. The van der Waals surface area contributed by atoms with Crippen molar-refractivity contribution in [3.05, 3.63) is 0 Å². The molecule has 0 aromatic carbocycles. The van der Waals surface area contributed by atoms with Crippen LogP contribution in [0.25, 0.3) is 0 Å². The van der Waals surface area contributed by atoms with Crippen molar-refractivity contribution in [1.29, 1.82) is 0 Å². The van der Waals surface area contributed by atoms with Crippen molar-refractivity contribution in [3.8, 4) is 0 Å². The Hall–Kier alpha value is 1.72. The van der Waals surface area contributed by atoms with E-state index in [0.29, 0.717) is 0 Å². The second kappa shape index (κ2) is 13.3. The van der Waals surface area contributed by atoms with Crippen LogP contribution in [0.2, 0.25) is 8.87 Å². The van der Waals surface area contributed by atoms with E-state index >= 15 is 0 Å². The fourth-order valence-corrected chi connectivity index (χ4v) is 4.89. The van der Waals surface area contributed by atoms with E-state index in [0.717, 1.165) is 0 Å². The van der Waals surface area contributed by atoms with Gasteiger partial charge in [-0.25, -0.2) is 0 Å². The third kappa shape index (κ3) is 12.4. The normalized spacial score (nSPS) is 8.20. The minimum absolute atomic E-state index is 0. The summed E-state index contributed by atoms with van der Waals surface area (Å²) in [5.74, 6) is 0. The quantitative estimate of drug-likeness (QED) is 0.441. The Morgan fingerprint density at radius 1 is 0.900 bits per heavy atom. The maximum absolute atomic E-state index is 2.29. The van der Waals surface area contributed by atoms with E-state index < -0.39 is 0 Å². The van der Waals surface area contributed by atoms with Gasteiger partial charge in [0.2, 0.25) is 0 Å². The molecule has 4 radical (unpaired) electrons. The molecule has 0 amide bonds. The molecule has 0 aromatic rings. The molecule has 0 spiro atoms. The third-order valence-electron chi connectivity index (χ3n) is 1.41. The fourth-order valence-electron chi connectivity index (χ4n) is 0.729. The molecule has 0 bridgehead atoms. The van der Waals surface area contributed by atoms with Crippen LogP contribution in [0.1, 0.15) is 39.5 Å². The van der Waals surface area contributed by atoms with Crippen LogP contribution in [0.5, 0.6) is 0 Å². The molecule has 0 unspecified atom stereocenters. The predicted octanol–water partition coefficient (Wildman–Crippen LogP) is 2.75. The fraction of sp³-hybridized carbons (Fsp3) is 1.00. The summed E-state index contributed by atoms with van der Waals surface area (Å²) in [6, 6.07) is 0. The molecule has 0 heterocycles. The zero-order chi connectivity index (χ0) is 6.95. The van der Waals surface area contributed by atoms with Crippen molar-refractivity contribution < 1.29 is 0 Å². The first-order valence-corrected chi connectivity index (χ1v) is 8.16. The summed E-state index contributed by atoms with van der Waals surface area (Å²) in [5.41, 5.74) is 0. The smallest absolute Gasteiger partial charge is 0 e. The molecule has 0 fully saturated rings. The topological polar surface area (TPSA) is 0 Å². The van der Waals surface area contributed by atoms with Gasteiger partial charge in [0, 0.05) is 27.3 Å². The minimum atomic E-state index is 0. The van der Waals surface area contributed by atoms with Gasteiger partial charge in [0.15, 0.2) is 0 Å². The number of unbranched alkanes of at least 4 members (excludes halogenated alkanes) is 2. The van der Waals surface area contributed by atoms with Crippen LogP contribution < -0.4 is 0 Å². The first-order chi connectivity index (χ1) is 4.41. The molecule has 0 aromatic heterocycles. The summed E-state index contributed by atoms with van der Waals surface area (Å²) >= 11 is 0.149. The molecular formula is C8H18PbSn+2. The standard InChI is InChI=1S/2C4H9.Pb.Sn/c2*1-3-4-2;;/h2*1,3-4H2,2H3;;/q;;;+2. The van der Waals surface area contributed by atoms with Crippen LogP contribution in [0.15, 0.2) is 0 Å². The van der Waals surface area contributed by atoms with Crippen molar-refractivity contribution in [3.63, 3.8) is 0 Å². The maximum atomic E-state index is 2.29. The Balaban J connectivity index is 0. The van der Waals surface area contributed by atoms with E-state index in [9.17, 15) is 0 Å². The van der Waals surface area contributed by atoms with Gasteiger partial charge in [-0.15, -0.1) is 0 Å². The second-order valence-electron chi connectivity index (χ2n) is 2.46. The van der Waals surface area contributed by atoms with Crippen molar-refractivity contribution >= 4 is 48.4 Å². The minimum Gasteiger partial charge on any atom is 0 e. The van der Waals surface area contributed by atoms with Gasteiger partial charge < -0.3 is 0 Å². The van der Waals surface area contributed by atoms with E-state index in [1.165, 1.54) is 25.7 Å². The van der Waals surface area contributed by atoms with E-state index in [-0.39, 0.29) is 48.4 Å². The van der Waals surface area contributed by atoms with Gasteiger partial charge in [-0.3, -0.25) is 0 Å². The van der Waals surface area contributed by atoms with Crippen LogP contribution >= 0.6 is 0 Å². The van der Waals surface area contributed by atoms with E-state index in [1.54, 1.807) is 8.87 Å². The molecular weight excluding hydrogens is 422 g/mol. The molecule has 2 heteroatoms. The zero-order valence-electron chi connectivity index (χ0n) is 7.24. The van der Waals surface area contributed by atoms with E-state index in [1.807, 2.05) is 0 Å². The van der Waals surface area contributed by atoms with Crippen LogP contribution in [-0.2, 0) is 0 Å². The molecule has 0 N–H and O–H groups in total. The average molecular weight is 440 g/mol. The van der Waals surface area contributed by atoms with Crippen molar-refractivity contribution in [2.75, 3.05) is 0 Å². The molecule has 0 saturated carbocycles. The van der Waals surface area contributed by atoms with Gasteiger partial charge >= 0.3 is 69.5 Å². The largest absolute Gasteiger partial charge is 0 e. The SMILES string of the molecule is CCC[CH2][Sn+2][CH2]CCC.[Pb]. The van der Waals surface area contributed by atoms with Crippen molar-refractivity contribution in [2.45, 2.75) is 48.4 Å².